The summed E-state index contributed by atoms with van der Waals surface area (Å²) in [6, 6.07) is 0. The number of carbonyl (C=O) groups is 1. The molecule has 0 amide bonds. The molecule has 1 aliphatic heterocycles. The third-order valence-electron chi connectivity index (χ3n) is 6.77. The van der Waals surface area contributed by atoms with Gasteiger partial charge in [-0.05, 0) is 47.0 Å². The zero-order valence-electron chi connectivity index (χ0n) is 21.8. The number of esters is 1. The second-order valence-corrected chi connectivity index (χ2v) is 11.5. The molecule has 1 aliphatic rings. The van der Waals surface area contributed by atoms with Crippen LogP contribution in [0.2, 0.25) is 0 Å². The summed E-state index contributed by atoms with van der Waals surface area (Å²) in [5, 5.41) is 3.63. The van der Waals surface area contributed by atoms with E-state index in [0.29, 0.717) is 6.61 Å². The highest BCUT2D eigenvalue weighted by molar-refractivity contribution is 5.73. The molecule has 0 aliphatic carbocycles. The van der Waals surface area contributed by atoms with Gasteiger partial charge < -0.3 is 10.1 Å². The maximum atomic E-state index is 12.5. The van der Waals surface area contributed by atoms with E-state index in [4.69, 9.17) is 4.74 Å². The Hall–Kier alpha value is -0.570. The maximum Gasteiger partial charge on any atom is 0.309 e. The molecule has 1 saturated heterocycles. The first kappa shape index (κ1) is 28.5. The number of ether oxygens (including phenoxy) is 1. The Morgan fingerprint density at radius 2 is 1.03 bits per heavy atom. The fourth-order valence-electron chi connectivity index (χ4n) is 5.43. The van der Waals surface area contributed by atoms with Crippen molar-refractivity contribution in [3.05, 3.63) is 0 Å². The van der Waals surface area contributed by atoms with Crippen LogP contribution in [0.5, 0.6) is 0 Å². The Balaban J connectivity index is 1.88. The Morgan fingerprint density at radius 3 is 1.42 bits per heavy atom. The van der Waals surface area contributed by atoms with Crippen LogP contribution in [0.15, 0.2) is 0 Å². The number of piperidine rings is 1. The zero-order valence-corrected chi connectivity index (χ0v) is 21.8. The summed E-state index contributed by atoms with van der Waals surface area (Å²) in [5.41, 5.74) is -0.000630. The molecular weight excluding hydrogens is 382 g/mol. The summed E-state index contributed by atoms with van der Waals surface area (Å²) in [4.78, 5) is 12.5. The van der Waals surface area contributed by atoms with Gasteiger partial charge in [0.25, 0.3) is 0 Å². The quantitative estimate of drug-likeness (QED) is 0.173. The number of nitrogens with one attached hydrogen (secondary N) is 1. The van der Waals surface area contributed by atoms with Crippen LogP contribution in [-0.4, -0.2) is 23.7 Å². The van der Waals surface area contributed by atoms with E-state index in [2.05, 4.69) is 39.9 Å². The molecule has 0 aromatic rings. The van der Waals surface area contributed by atoms with Crippen LogP contribution in [0, 0.1) is 5.92 Å². The molecule has 0 aromatic heterocycles. The molecule has 1 rings (SSSR count). The Morgan fingerprint density at radius 1 is 0.677 bits per heavy atom. The second kappa shape index (κ2) is 16.1. The normalized spacial score (nSPS) is 18.2. The Bertz CT molecular complexity index is 442. The van der Waals surface area contributed by atoms with Crippen LogP contribution in [0.25, 0.3) is 0 Å². The summed E-state index contributed by atoms with van der Waals surface area (Å²) in [7, 11) is 0. The summed E-state index contributed by atoms with van der Waals surface area (Å²) >= 11 is 0. The Labute approximate surface area is 194 Å². The van der Waals surface area contributed by atoms with Gasteiger partial charge in [0.1, 0.15) is 0 Å². The highest BCUT2D eigenvalue weighted by Gasteiger charge is 2.41. The summed E-state index contributed by atoms with van der Waals surface area (Å²) in [6.07, 6.45) is 23.6. The van der Waals surface area contributed by atoms with Gasteiger partial charge in [-0.3, -0.25) is 4.79 Å². The van der Waals surface area contributed by atoms with Crippen LogP contribution < -0.4 is 5.32 Å². The monoisotopic (exact) mass is 437 g/mol. The van der Waals surface area contributed by atoms with Crippen molar-refractivity contribution >= 4 is 5.97 Å². The van der Waals surface area contributed by atoms with Crippen LogP contribution >= 0.6 is 0 Å². The average Bonchev–Trinajstić information content (AvgIpc) is 2.67. The van der Waals surface area contributed by atoms with Crippen LogP contribution in [0.4, 0.5) is 0 Å². The van der Waals surface area contributed by atoms with E-state index in [0.717, 1.165) is 19.3 Å². The summed E-state index contributed by atoms with van der Waals surface area (Å²) < 4.78 is 5.62. The van der Waals surface area contributed by atoms with Crippen molar-refractivity contribution in [1.29, 1.82) is 0 Å². The molecule has 31 heavy (non-hydrogen) atoms. The SMILES string of the molecule is CCCCCCCCCCCCCCCCCCOC(=O)C1CC(C)(C)NC(C)(C)C1. The molecular formula is C28H55NO2. The molecule has 0 saturated carbocycles. The average molecular weight is 438 g/mol. The van der Waals surface area contributed by atoms with E-state index < -0.39 is 0 Å². The number of rotatable bonds is 18. The molecule has 1 heterocycles. The van der Waals surface area contributed by atoms with Gasteiger partial charge in [0, 0.05) is 11.1 Å². The van der Waals surface area contributed by atoms with Crippen LogP contribution in [0.3, 0.4) is 0 Å². The molecule has 0 unspecified atom stereocenters. The predicted octanol–water partition coefficient (Wildman–Crippen LogP) is 8.35. The molecule has 1 N–H and O–H groups in total. The number of carbonyl (C=O) groups excluding carboxylic acids is 1. The van der Waals surface area contributed by atoms with Crippen molar-refractivity contribution in [3.63, 3.8) is 0 Å². The van der Waals surface area contributed by atoms with Gasteiger partial charge in [-0.2, -0.15) is 0 Å². The predicted molar refractivity (Wildman–Crippen MR) is 135 cm³/mol. The molecule has 0 radical (unpaired) electrons. The van der Waals surface area contributed by atoms with Gasteiger partial charge in [-0.25, -0.2) is 0 Å². The van der Waals surface area contributed by atoms with E-state index >= 15 is 0 Å². The lowest BCUT2D eigenvalue weighted by atomic mass is 9.76. The molecule has 0 bridgehead atoms. The molecule has 0 atom stereocenters. The van der Waals surface area contributed by atoms with Gasteiger partial charge in [-0.15, -0.1) is 0 Å². The minimum absolute atomic E-state index is 0.000315. The topological polar surface area (TPSA) is 38.3 Å². The lowest BCUT2D eigenvalue weighted by Gasteiger charge is -2.45. The second-order valence-electron chi connectivity index (χ2n) is 11.5. The molecule has 0 aromatic carbocycles. The van der Waals surface area contributed by atoms with Gasteiger partial charge in [-0.1, -0.05) is 103 Å². The molecule has 1 fully saturated rings. The molecule has 3 heteroatoms. The lowest BCUT2D eigenvalue weighted by Crippen LogP contribution is -2.59. The number of hydrogen-bond donors (Lipinski definition) is 1. The molecule has 184 valence electrons. The van der Waals surface area contributed by atoms with Crippen molar-refractivity contribution in [1.82, 2.24) is 5.32 Å². The molecule has 3 nitrogen and oxygen atoms in total. The fraction of sp³-hybridized carbons (Fsp3) is 0.964. The van der Waals surface area contributed by atoms with Gasteiger partial charge >= 0.3 is 5.97 Å². The minimum Gasteiger partial charge on any atom is -0.465 e. The zero-order chi connectivity index (χ0) is 23.0. The lowest BCUT2D eigenvalue weighted by molar-refractivity contribution is -0.152. The first-order valence-electron chi connectivity index (χ1n) is 13.7. The largest absolute Gasteiger partial charge is 0.465 e. The van der Waals surface area contributed by atoms with Crippen molar-refractivity contribution in [2.75, 3.05) is 6.61 Å². The number of hydrogen-bond acceptors (Lipinski definition) is 3. The van der Waals surface area contributed by atoms with E-state index in [1.165, 1.54) is 96.3 Å². The third kappa shape index (κ3) is 15.0. The Kier molecular flexibility index (Phi) is 14.8. The van der Waals surface area contributed by atoms with E-state index in [-0.39, 0.29) is 23.0 Å². The first-order chi connectivity index (χ1) is 14.8. The van der Waals surface area contributed by atoms with Gasteiger partial charge in [0.2, 0.25) is 0 Å². The molecule has 0 spiro atoms. The van der Waals surface area contributed by atoms with Crippen molar-refractivity contribution in [3.8, 4) is 0 Å². The van der Waals surface area contributed by atoms with Crippen molar-refractivity contribution in [2.24, 2.45) is 5.92 Å². The van der Waals surface area contributed by atoms with E-state index in [1.807, 2.05) is 0 Å². The first-order valence-corrected chi connectivity index (χ1v) is 13.7. The summed E-state index contributed by atoms with van der Waals surface area (Å²) in [5.74, 6) is 0.0518. The maximum absolute atomic E-state index is 12.5. The minimum atomic E-state index is -0.000315. The van der Waals surface area contributed by atoms with Crippen molar-refractivity contribution < 1.29 is 9.53 Å². The number of unbranched alkanes of at least 4 members (excludes halogenated alkanes) is 15. The van der Waals surface area contributed by atoms with E-state index in [9.17, 15) is 4.79 Å². The van der Waals surface area contributed by atoms with Gasteiger partial charge in [0.15, 0.2) is 0 Å². The van der Waals surface area contributed by atoms with Gasteiger partial charge in [0.05, 0.1) is 12.5 Å². The fourth-order valence-corrected chi connectivity index (χ4v) is 5.43. The standard InChI is InChI=1S/C28H55NO2/c1-6-7-8-9-10-11-12-13-14-15-16-17-18-19-20-21-22-31-26(30)25-23-27(2,3)29-28(4,5)24-25/h25,29H,6-24H2,1-5H3. The highest BCUT2D eigenvalue weighted by atomic mass is 16.5. The smallest absolute Gasteiger partial charge is 0.309 e. The van der Waals surface area contributed by atoms with Crippen LogP contribution in [-0.2, 0) is 9.53 Å². The summed E-state index contributed by atoms with van der Waals surface area (Å²) in [6.45, 7) is 11.6. The van der Waals surface area contributed by atoms with Crippen LogP contribution in [0.1, 0.15) is 150 Å². The third-order valence-corrected chi connectivity index (χ3v) is 6.77. The highest BCUT2D eigenvalue weighted by Crippen LogP contribution is 2.33. The van der Waals surface area contributed by atoms with Crippen molar-refractivity contribution in [2.45, 2.75) is 161 Å². The van der Waals surface area contributed by atoms with E-state index in [1.54, 1.807) is 0 Å².